The largest absolute Gasteiger partial charge is 0.394 e. The van der Waals surface area contributed by atoms with Crippen molar-refractivity contribution in [3.63, 3.8) is 0 Å². The van der Waals surface area contributed by atoms with E-state index >= 15 is 0 Å². The Morgan fingerprint density at radius 1 is 0.500 bits per heavy atom. The van der Waals surface area contributed by atoms with Gasteiger partial charge in [-0.25, -0.2) is 0 Å². The van der Waals surface area contributed by atoms with Crippen molar-refractivity contribution in [3.8, 4) is 25.7 Å². The van der Waals surface area contributed by atoms with Gasteiger partial charge in [-0.05, 0) is 0 Å². The summed E-state index contributed by atoms with van der Waals surface area (Å²) in [5.74, 6) is 0. The SMILES string of the molecule is C#C.C#C.OCCO.OCCO. The summed E-state index contributed by atoms with van der Waals surface area (Å²) in [4.78, 5) is 0. The molecule has 0 aliphatic heterocycles. The van der Waals surface area contributed by atoms with Gasteiger partial charge in [-0.1, -0.05) is 0 Å². The Morgan fingerprint density at radius 3 is 0.583 bits per heavy atom. The van der Waals surface area contributed by atoms with Gasteiger partial charge in [0.1, 0.15) is 0 Å². The van der Waals surface area contributed by atoms with Gasteiger partial charge in [-0.15, -0.1) is 25.7 Å². The minimum absolute atomic E-state index is 0.125. The second-order valence-corrected chi connectivity index (χ2v) is 0.894. The molecule has 0 saturated carbocycles. The van der Waals surface area contributed by atoms with E-state index in [1.807, 2.05) is 0 Å². The van der Waals surface area contributed by atoms with E-state index in [0.29, 0.717) is 0 Å². The van der Waals surface area contributed by atoms with Crippen molar-refractivity contribution < 1.29 is 20.4 Å². The molecule has 72 valence electrons. The van der Waals surface area contributed by atoms with Gasteiger partial charge in [0.25, 0.3) is 0 Å². The molecule has 0 bridgehead atoms. The van der Waals surface area contributed by atoms with Crippen molar-refractivity contribution in [1.29, 1.82) is 0 Å². The first kappa shape index (κ1) is 22.4. The Bertz CT molecular complexity index is 53.9. The Labute approximate surface area is 73.5 Å². The summed E-state index contributed by atoms with van der Waals surface area (Å²) in [6.45, 7) is -0.500. The van der Waals surface area contributed by atoms with E-state index in [2.05, 4.69) is 25.7 Å². The van der Waals surface area contributed by atoms with Gasteiger partial charge in [-0.2, -0.15) is 0 Å². The zero-order valence-corrected chi connectivity index (χ0v) is 6.93. The van der Waals surface area contributed by atoms with Crippen LogP contribution in [-0.4, -0.2) is 46.9 Å². The topological polar surface area (TPSA) is 80.9 Å². The third-order valence-corrected chi connectivity index (χ3v) is 0.200. The number of rotatable bonds is 2. The molecule has 0 amide bonds. The highest BCUT2D eigenvalue weighted by Gasteiger charge is 1.58. The highest BCUT2D eigenvalue weighted by molar-refractivity contribution is 4.47. The third-order valence-electron chi connectivity index (χ3n) is 0.200. The van der Waals surface area contributed by atoms with Gasteiger partial charge in [0, 0.05) is 0 Å². The predicted octanol–water partition coefficient (Wildman–Crippen LogP) is -1.56. The molecule has 0 atom stereocenters. The molecule has 0 unspecified atom stereocenters. The van der Waals surface area contributed by atoms with Crippen molar-refractivity contribution >= 4 is 0 Å². The fourth-order valence-corrected chi connectivity index (χ4v) is 0. The van der Waals surface area contributed by atoms with Crippen LogP contribution in [-0.2, 0) is 0 Å². The van der Waals surface area contributed by atoms with Gasteiger partial charge in [0.15, 0.2) is 0 Å². The van der Waals surface area contributed by atoms with Crippen LogP contribution < -0.4 is 0 Å². The van der Waals surface area contributed by atoms with Crippen molar-refractivity contribution in [2.75, 3.05) is 26.4 Å². The minimum atomic E-state index is -0.125. The number of aliphatic hydroxyl groups excluding tert-OH is 4. The zero-order chi connectivity index (χ0) is 10.8. The first-order chi connectivity index (χ1) is 5.83. The predicted molar refractivity (Wildman–Crippen MR) is 48.1 cm³/mol. The molecule has 0 aromatic heterocycles. The van der Waals surface area contributed by atoms with Gasteiger partial charge < -0.3 is 20.4 Å². The van der Waals surface area contributed by atoms with Gasteiger partial charge in [-0.3, -0.25) is 0 Å². The van der Waals surface area contributed by atoms with E-state index in [1.54, 1.807) is 0 Å². The molecular weight excluding hydrogens is 160 g/mol. The maximum absolute atomic E-state index is 7.62. The van der Waals surface area contributed by atoms with E-state index in [9.17, 15) is 0 Å². The molecule has 4 nitrogen and oxygen atoms in total. The quantitative estimate of drug-likeness (QED) is 0.384. The normalized spacial score (nSPS) is 5.33. The van der Waals surface area contributed by atoms with Crippen LogP contribution in [0.25, 0.3) is 0 Å². The van der Waals surface area contributed by atoms with E-state index in [4.69, 9.17) is 20.4 Å². The van der Waals surface area contributed by atoms with Crippen LogP contribution in [0, 0.1) is 25.7 Å². The summed E-state index contributed by atoms with van der Waals surface area (Å²) in [6, 6.07) is 0. The lowest BCUT2D eigenvalue weighted by Gasteiger charge is -1.70. The molecule has 12 heavy (non-hydrogen) atoms. The Balaban J connectivity index is -0.0000000380. The molecular formula is C8H16O4. The van der Waals surface area contributed by atoms with E-state index in [-0.39, 0.29) is 26.4 Å². The van der Waals surface area contributed by atoms with Crippen LogP contribution in [0.3, 0.4) is 0 Å². The second-order valence-electron chi connectivity index (χ2n) is 0.894. The summed E-state index contributed by atoms with van der Waals surface area (Å²) in [5, 5.41) is 30.5. The maximum atomic E-state index is 7.62. The standard InChI is InChI=1S/2C2H6O2.2C2H2/c2*3-1-2-4;2*1-2/h2*3-4H,1-2H2;2*1-2H. The van der Waals surface area contributed by atoms with E-state index < -0.39 is 0 Å². The molecule has 0 saturated heterocycles. The summed E-state index contributed by atoms with van der Waals surface area (Å²) in [6.07, 6.45) is 16.0. The maximum Gasteiger partial charge on any atom is 0.0662 e. The zero-order valence-electron chi connectivity index (χ0n) is 6.93. The fraction of sp³-hybridized carbons (Fsp3) is 0.500. The second kappa shape index (κ2) is 91.3. The lowest BCUT2D eigenvalue weighted by atomic mass is 10.8. The van der Waals surface area contributed by atoms with Crippen LogP contribution in [0.1, 0.15) is 0 Å². The number of hydrogen-bond donors (Lipinski definition) is 4. The minimum Gasteiger partial charge on any atom is -0.394 e. The highest BCUT2D eigenvalue weighted by Crippen LogP contribution is 1.40. The molecule has 0 aliphatic rings. The Morgan fingerprint density at radius 2 is 0.583 bits per heavy atom. The molecule has 0 heterocycles. The molecule has 0 aliphatic carbocycles. The summed E-state index contributed by atoms with van der Waals surface area (Å²) >= 11 is 0. The molecule has 4 heteroatoms. The smallest absolute Gasteiger partial charge is 0.0662 e. The Kier molecular flexibility index (Phi) is 171. The number of hydrogen-bond acceptors (Lipinski definition) is 4. The molecule has 0 radical (unpaired) electrons. The molecule has 0 spiro atoms. The van der Waals surface area contributed by atoms with Crippen LogP contribution in [0.2, 0.25) is 0 Å². The monoisotopic (exact) mass is 176 g/mol. The van der Waals surface area contributed by atoms with Crippen molar-refractivity contribution in [2.45, 2.75) is 0 Å². The summed E-state index contributed by atoms with van der Waals surface area (Å²) < 4.78 is 0. The third kappa shape index (κ3) is 616. The van der Waals surface area contributed by atoms with Crippen molar-refractivity contribution in [2.24, 2.45) is 0 Å². The van der Waals surface area contributed by atoms with Gasteiger partial charge in [0.2, 0.25) is 0 Å². The molecule has 0 rings (SSSR count). The van der Waals surface area contributed by atoms with E-state index in [1.165, 1.54) is 0 Å². The molecule has 0 aromatic rings. The first-order valence-electron chi connectivity index (χ1n) is 2.93. The van der Waals surface area contributed by atoms with Gasteiger partial charge in [0.05, 0.1) is 26.4 Å². The Hall–Kier alpha value is -1.04. The first-order valence-corrected chi connectivity index (χ1v) is 2.93. The number of terminal acetylenes is 2. The van der Waals surface area contributed by atoms with Crippen molar-refractivity contribution in [1.82, 2.24) is 0 Å². The van der Waals surface area contributed by atoms with Crippen molar-refractivity contribution in [3.05, 3.63) is 0 Å². The van der Waals surface area contributed by atoms with E-state index in [0.717, 1.165) is 0 Å². The molecule has 0 aromatic carbocycles. The molecule has 4 N–H and O–H groups in total. The lowest BCUT2D eigenvalue weighted by Crippen LogP contribution is -1.85. The average Bonchev–Trinajstić information content (AvgIpc) is 2.23. The van der Waals surface area contributed by atoms with Crippen LogP contribution in [0.5, 0.6) is 0 Å². The fourth-order valence-electron chi connectivity index (χ4n) is 0. The lowest BCUT2D eigenvalue weighted by molar-refractivity contribution is 0.186. The van der Waals surface area contributed by atoms with Crippen LogP contribution >= 0.6 is 0 Å². The van der Waals surface area contributed by atoms with Crippen LogP contribution in [0.15, 0.2) is 0 Å². The van der Waals surface area contributed by atoms with Gasteiger partial charge >= 0.3 is 0 Å². The number of aliphatic hydroxyl groups is 4. The highest BCUT2D eigenvalue weighted by atomic mass is 16.3. The van der Waals surface area contributed by atoms with Crippen LogP contribution in [0.4, 0.5) is 0 Å². The summed E-state index contributed by atoms with van der Waals surface area (Å²) in [5.41, 5.74) is 0. The summed E-state index contributed by atoms with van der Waals surface area (Å²) in [7, 11) is 0. The average molecular weight is 176 g/mol. The molecule has 0 fully saturated rings.